The fraction of sp³-hybridized carbons (Fsp3) is 0.286. The van der Waals surface area contributed by atoms with Crippen molar-refractivity contribution in [2.75, 3.05) is 13.6 Å². The maximum absolute atomic E-state index is 11.9. The van der Waals surface area contributed by atoms with Crippen LogP contribution in [0.1, 0.15) is 18.5 Å². The molecule has 1 aromatic carbocycles. The minimum absolute atomic E-state index is 0.264. The Morgan fingerprint density at radius 3 is 2.29 bits per heavy atom. The third kappa shape index (κ3) is 2.91. The Bertz CT molecular complexity index is 599. The van der Waals surface area contributed by atoms with E-state index in [0.29, 0.717) is 9.80 Å². The molecule has 0 radical (unpaired) electrons. The van der Waals surface area contributed by atoms with Crippen molar-refractivity contribution in [2.45, 2.75) is 13.0 Å². The van der Waals surface area contributed by atoms with Gasteiger partial charge in [0.15, 0.2) is 0 Å². The minimum atomic E-state index is -0.981. The maximum atomic E-state index is 11.9. The van der Waals surface area contributed by atoms with Crippen LogP contribution in [0, 0.1) is 0 Å². The average molecular weight is 289 g/mol. The summed E-state index contributed by atoms with van der Waals surface area (Å²) in [7, 11) is 1.20. The zero-order valence-electron chi connectivity index (χ0n) is 11.7. The van der Waals surface area contributed by atoms with E-state index in [9.17, 15) is 19.2 Å². The van der Waals surface area contributed by atoms with Gasteiger partial charge in [-0.15, -0.1) is 0 Å². The molecule has 0 bridgehead atoms. The van der Waals surface area contributed by atoms with Gasteiger partial charge in [0.25, 0.3) is 0 Å². The van der Waals surface area contributed by atoms with E-state index in [1.807, 2.05) is 30.3 Å². The molecule has 1 N–H and O–H groups in total. The standard InChI is InChI=1S/C14H15N3O4/c1-9(10-6-4-3-5-7-10)15-11(18)8-17-13(20)12(19)16(2)14(17)21/h3-7,9H,8H2,1-2H3,(H,15,18)/t9-/m0/s1. The van der Waals surface area contributed by atoms with Crippen LogP contribution < -0.4 is 5.32 Å². The molecule has 0 aromatic heterocycles. The van der Waals surface area contributed by atoms with Crippen LogP contribution in [0.4, 0.5) is 4.79 Å². The fourth-order valence-electron chi connectivity index (χ4n) is 2.01. The van der Waals surface area contributed by atoms with Crippen molar-refractivity contribution in [2.24, 2.45) is 0 Å². The van der Waals surface area contributed by atoms with Gasteiger partial charge >= 0.3 is 17.8 Å². The summed E-state index contributed by atoms with van der Waals surface area (Å²) >= 11 is 0. The number of benzene rings is 1. The summed E-state index contributed by atoms with van der Waals surface area (Å²) in [5, 5.41) is 2.68. The van der Waals surface area contributed by atoms with Gasteiger partial charge in [-0.2, -0.15) is 0 Å². The first-order valence-corrected chi connectivity index (χ1v) is 6.39. The number of nitrogens with zero attached hydrogens (tertiary/aromatic N) is 2. The lowest BCUT2D eigenvalue weighted by atomic mass is 10.1. The van der Waals surface area contributed by atoms with E-state index in [4.69, 9.17) is 0 Å². The Morgan fingerprint density at radius 1 is 1.14 bits per heavy atom. The molecule has 1 atom stereocenters. The number of imide groups is 2. The zero-order chi connectivity index (χ0) is 15.6. The molecule has 0 aliphatic carbocycles. The molecule has 21 heavy (non-hydrogen) atoms. The highest BCUT2D eigenvalue weighted by Gasteiger charge is 2.43. The molecule has 5 amide bonds. The predicted molar refractivity (Wildman–Crippen MR) is 72.9 cm³/mol. The Hall–Kier alpha value is -2.70. The first kappa shape index (κ1) is 14.7. The Balaban J connectivity index is 1.98. The van der Waals surface area contributed by atoms with E-state index in [2.05, 4.69) is 5.32 Å². The van der Waals surface area contributed by atoms with Crippen LogP contribution in [0.25, 0.3) is 0 Å². The third-order valence-corrected chi connectivity index (χ3v) is 3.23. The van der Waals surface area contributed by atoms with Crippen molar-refractivity contribution in [3.63, 3.8) is 0 Å². The number of carbonyl (C=O) groups excluding carboxylic acids is 4. The normalized spacial score (nSPS) is 16.4. The van der Waals surface area contributed by atoms with E-state index in [-0.39, 0.29) is 6.04 Å². The molecule has 7 heteroatoms. The number of likely N-dealkylation sites (N-methyl/N-ethyl adjacent to an activating group) is 1. The van der Waals surface area contributed by atoms with Crippen molar-refractivity contribution in [3.05, 3.63) is 35.9 Å². The van der Waals surface area contributed by atoms with Crippen LogP contribution in [-0.2, 0) is 14.4 Å². The summed E-state index contributed by atoms with van der Waals surface area (Å²) in [4.78, 5) is 47.8. The third-order valence-electron chi connectivity index (χ3n) is 3.23. The van der Waals surface area contributed by atoms with Crippen LogP contribution in [-0.4, -0.2) is 47.1 Å². The van der Waals surface area contributed by atoms with Crippen molar-refractivity contribution in [1.82, 2.24) is 15.1 Å². The van der Waals surface area contributed by atoms with Gasteiger partial charge in [-0.05, 0) is 12.5 Å². The van der Waals surface area contributed by atoms with E-state index >= 15 is 0 Å². The Kier molecular flexibility index (Phi) is 4.02. The molecule has 1 saturated heterocycles. The average Bonchev–Trinajstić information content (AvgIpc) is 2.66. The Morgan fingerprint density at radius 2 is 1.76 bits per heavy atom. The van der Waals surface area contributed by atoms with E-state index in [1.54, 1.807) is 6.92 Å². The summed E-state index contributed by atoms with van der Waals surface area (Å²) in [6.07, 6.45) is 0. The number of carbonyl (C=O) groups is 4. The summed E-state index contributed by atoms with van der Waals surface area (Å²) in [5.74, 6) is -2.41. The van der Waals surface area contributed by atoms with E-state index in [0.717, 1.165) is 5.56 Å². The van der Waals surface area contributed by atoms with Gasteiger partial charge in [-0.3, -0.25) is 19.3 Å². The smallest absolute Gasteiger partial charge is 0.334 e. The molecule has 2 rings (SSSR count). The summed E-state index contributed by atoms with van der Waals surface area (Å²) in [6.45, 7) is 1.32. The Labute approximate surface area is 121 Å². The molecule has 1 aromatic rings. The highest BCUT2D eigenvalue weighted by molar-refractivity contribution is 6.44. The first-order chi connectivity index (χ1) is 9.91. The number of urea groups is 1. The second-order valence-electron chi connectivity index (χ2n) is 4.74. The van der Waals surface area contributed by atoms with Gasteiger partial charge in [0.1, 0.15) is 6.54 Å². The molecule has 1 heterocycles. The van der Waals surface area contributed by atoms with Crippen molar-refractivity contribution < 1.29 is 19.2 Å². The highest BCUT2D eigenvalue weighted by Crippen LogP contribution is 2.12. The van der Waals surface area contributed by atoms with E-state index in [1.165, 1.54) is 7.05 Å². The van der Waals surface area contributed by atoms with E-state index < -0.39 is 30.3 Å². The largest absolute Gasteiger partial charge is 0.348 e. The molecule has 1 fully saturated rings. The molecule has 7 nitrogen and oxygen atoms in total. The van der Waals surface area contributed by atoms with Gasteiger partial charge in [-0.25, -0.2) is 9.69 Å². The van der Waals surface area contributed by atoms with Gasteiger partial charge < -0.3 is 5.32 Å². The summed E-state index contributed by atoms with van der Waals surface area (Å²) < 4.78 is 0. The topological polar surface area (TPSA) is 86.8 Å². The number of hydrogen-bond acceptors (Lipinski definition) is 4. The lowest BCUT2D eigenvalue weighted by Crippen LogP contribution is -2.41. The second kappa shape index (κ2) is 5.74. The van der Waals surface area contributed by atoms with Crippen molar-refractivity contribution >= 4 is 23.8 Å². The first-order valence-electron chi connectivity index (χ1n) is 6.39. The van der Waals surface area contributed by atoms with Crippen LogP contribution >= 0.6 is 0 Å². The van der Waals surface area contributed by atoms with Crippen molar-refractivity contribution in [1.29, 1.82) is 0 Å². The number of rotatable bonds is 4. The molecule has 0 saturated carbocycles. The SMILES string of the molecule is C[C@H](NC(=O)CN1C(=O)C(=O)N(C)C1=O)c1ccccc1. The number of amides is 5. The van der Waals surface area contributed by atoms with Gasteiger partial charge in [0.05, 0.1) is 6.04 Å². The minimum Gasteiger partial charge on any atom is -0.348 e. The van der Waals surface area contributed by atoms with Crippen LogP contribution in [0.2, 0.25) is 0 Å². The van der Waals surface area contributed by atoms with Gasteiger partial charge in [0.2, 0.25) is 5.91 Å². The lowest BCUT2D eigenvalue weighted by Gasteiger charge is -2.17. The number of nitrogens with one attached hydrogen (secondary N) is 1. The quantitative estimate of drug-likeness (QED) is 0.637. The zero-order valence-corrected chi connectivity index (χ0v) is 11.7. The molecule has 1 aliphatic rings. The summed E-state index contributed by atoms with van der Waals surface area (Å²) in [6, 6.07) is 8.22. The van der Waals surface area contributed by atoms with Crippen LogP contribution in [0.3, 0.4) is 0 Å². The van der Waals surface area contributed by atoms with Crippen LogP contribution in [0.15, 0.2) is 30.3 Å². The van der Waals surface area contributed by atoms with Crippen molar-refractivity contribution in [3.8, 4) is 0 Å². The fourth-order valence-corrected chi connectivity index (χ4v) is 2.01. The monoisotopic (exact) mass is 289 g/mol. The van der Waals surface area contributed by atoms with Gasteiger partial charge in [0, 0.05) is 7.05 Å². The lowest BCUT2D eigenvalue weighted by molar-refractivity contribution is -0.143. The van der Waals surface area contributed by atoms with Gasteiger partial charge in [-0.1, -0.05) is 30.3 Å². The predicted octanol–water partition coefficient (Wildman–Crippen LogP) is 0.284. The molecule has 1 aliphatic heterocycles. The highest BCUT2D eigenvalue weighted by atomic mass is 16.2. The summed E-state index contributed by atoms with van der Waals surface area (Å²) in [5.41, 5.74) is 0.901. The van der Waals surface area contributed by atoms with Crippen LogP contribution in [0.5, 0.6) is 0 Å². The molecular formula is C14H15N3O4. The molecular weight excluding hydrogens is 274 g/mol. The molecule has 0 spiro atoms. The molecule has 0 unspecified atom stereocenters. The maximum Gasteiger partial charge on any atom is 0.334 e. The molecule has 110 valence electrons. The number of hydrogen-bond donors (Lipinski definition) is 1. The second-order valence-corrected chi connectivity index (χ2v) is 4.74.